The minimum Gasteiger partial charge on any atom is -0.489 e. The van der Waals surface area contributed by atoms with Crippen molar-refractivity contribution >= 4 is 23.6 Å². The molecule has 31 heavy (non-hydrogen) atoms. The van der Waals surface area contributed by atoms with Crippen molar-refractivity contribution in [1.82, 2.24) is 9.47 Å². The van der Waals surface area contributed by atoms with Gasteiger partial charge in [-0.05, 0) is 73.5 Å². The molecular weight excluding hydrogens is 410 g/mol. The lowest BCUT2D eigenvalue weighted by atomic mass is 10.1. The fourth-order valence-corrected chi connectivity index (χ4v) is 3.43. The van der Waals surface area contributed by atoms with E-state index in [1.807, 2.05) is 74.5 Å². The molecule has 1 aromatic heterocycles. The van der Waals surface area contributed by atoms with Gasteiger partial charge < -0.3 is 14.2 Å². The molecule has 1 amide bonds. The second-order valence-corrected chi connectivity index (χ2v) is 7.88. The van der Waals surface area contributed by atoms with Crippen molar-refractivity contribution in [2.45, 2.75) is 20.5 Å². The van der Waals surface area contributed by atoms with Gasteiger partial charge in [-0.3, -0.25) is 4.79 Å². The summed E-state index contributed by atoms with van der Waals surface area (Å²) < 4.78 is 7.95. The molecule has 2 aromatic carbocycles. The first-order valence-corrected chi connectivity index (χ1v) is 10.2. The molecule has 3 rings (SSSR count). The van der Waals surface area contributed by atoms with Crippen LogP contribution in [-0.4, -0.2) is 29.5 Å². The normalized spacial score (nSPS) is 11.2. The highest BCUT2D eigenvalue weighted by atomic mass is 35.5. The van der Waals surface area contributed by atoms with Crippen molar-refractivity contribution in [2.24, 2.45) is 0 Å². The van der Waals surface area contributed by atoms with Crippen molar-refractivity contribution < 1.29 is 9.53 Å². The van der Waals surface area contributed by atoms with Crippen molar-refractivity contribution in [3.8, 4) is 17.5 Å². The van der Waals surface area contributed by atoms with Crippen LogP contribution in [0, 0.1) is 25.2 Å². The Hall–Kier alpha value is -3.49. The molecule has 0 saturated heterocycles. The molecule has 0 radical (unpaired) electrons. The Morgan fingerprint density at radius 1 is 1.13 bits per heavy atom. The number of hydrogen-bond donors (Lipinski definition) is 0. The summed E-state index contributed by atoms with van der Waals surface area (Å²) in [6.07, 6.45) is 1.64. The largest absolute Gasteiger partial charge is 0.489 e. The number of ether oxygens (including phenoxy) is 1. The highest BCUT2D eigenvalue weighted by molar-refractivity contribution is 6.30. The summed E-state index contributed by atoms with van der Waals surface area (Å²) >= 11 is 5.92. The topological polar surface area (TPSA) is 58.3 Å². The second kappa shape index (κ2) is 9.55. The first kappa shape index (κ1) is 22.2. The third-order valence-electron chi connectivity index (χ3n) is 4.94. The zero-order valence-electron chi connectivity index (χ0n) is 18.0. The zero-order valence-corrected chi connectivity index (χ0v) is 18.8. The summed E-state index contributed by atoms with van der Waals surface area (Å²) in [5, 5.41) is 10.1. The molecule has 0 fully saturated rings. The third-order valence-corrected chi connectivity index (χ3v) is 5.19. The lowest BCUT2D eigenvalue weighted by Gasteiger charge is -2.12. The Morgan fingerprint density at radius 2 is 1.77 bits per heavy atom. The van der Waals surface area contributed by atoms with E-state index in [0.717, 1.165) is 34.0 Å². The molecule has 0 bridgehead atoms. The highest BCUT2D eigenvalue weighted by Gasteiger charge is 2.15. The van der Waals surface area contributed by atoms with Gasteiger partial charge in [0.1, 0.15) is 24.0 Å². The maximum absolute atomic E-state index is 12.2. The van der Waals surface area contributed by atoms with Gasteiger partial charge >= 0.3 is 0 Å². The standard InChI is InChI=1S/C25H24ClN3O2/c1-17-13-20(14-21(15-27)25(30)28(3)4)18(2)29(17)23-9-11-24(12-10-23)31-16-19-5-7-22(26)8-6-19/h5-14H,16H2,1-4H3/b21-14-. The first-order chi connectivity index (χ1) is 14.8. The van der Waals surface area contributed by atoms with E-state index in [-0.39, 0.29) is 11.5 Å². The molecule has 0 atom stereocenters. The molecule has 158 valence electrons. The van der Waals surface area contributed by atoms with Gasteiger partial charge in [0.25, 0.3) is 5.91 Å². The predicted molar refractivity (Wildman–Crippen MR) is 123 cm³/mol. The molecular formula is C25H24ClN3O2. The molecule has 6 heteroatoms. The van der Waals surface area contributed by atoms with E-state index < -0.39 is 0 Å². The molecule has 0 aliphatic carbocycles. The van der Waals surface area contributed by atoms with Crippen LogP contribution in [-0.2, 0) is 11.4 Å². The number of carbonyl (C=O) groups is 1. The SMILES string of the molecule is Cc1cc(/C=C(/C#N)C(=O)N(C)C)c(C)n1-c1ccc(OCc2ccc(Cl)cc2)cc1. The Bertz CT molecular complexity index is 1150. The summed E-state index contributed by atoms with van der Waals surface area (Å²) in [7, 11) is 3.26. The monoisotopic (exact) mass is 433 g/mol. The quantitative estimate of drug-likeness (QED) is 0.390. The summed E-state index contributed by atoms with van der Waals surface area (Å²) in [5.74, 6) is 0.458. The van der Waals surface area contributed by atoms with Crippen LogP contribution in [0.5, 0.6) is 5.75 Å². The number of aromatic nitrogens is 1. The van der Waals surface area contributed by atoms with E-state index in [1.165, 1.54) is 4.90 Å². The Labute approximate surface area is 187 Å². The molecule has 0 spiro atoms. The average Bonchev–Trinajstić information content (AvgIpc) is 3.04. The number of hydrogen-bond acceptors (Lipinski definition) is 3. The predicted octanol–water partition coefficient (Wildman–Crippen LogP) is 5.32. The molecule has 0 aliphatic rings. The van der Waals surface area contributed by atoms with Gasteiger partial charge in [-0.15, -0.1) is 0 Å². The number of benzene rings is 2. The number of nitrogens with zero attached hydrogens (tertiary/aromatic N) is 3. The van der Waals surface area contributed by atoms with E-state index >= 15 is 0 Å². The van der Waals surface area contributed by atoms with Gasteiger partial charge in [-0.25, -0.2) is 0 Å². The van der Waals surface area contributed by atoms with Crippen LogP contribution in [0.1, 0.15) is 22.5 Å². The zero-order chi connectivity index (χ0) is 22.5. The van der Waals surface area contributed by atoms with Gasteiger partial charge in [0.05, 0.1) is 0 Å². The van der Waals surface area contributed by atoms with Crippen LogP contribution < -0.4 is 4.74 Å². The number of likely N-dealkylation sites (N-methyl/N-ethyl adjacent to an activating group) is 1. The molecule has 3 aromatic rings. The Kier molecular flexibility index (Phi) is 6.84. The van der Waals surface area contributed by atoms with Crippen LogP contribution in [0.15, 0.2) is 60.2 Å². The Balaban J connectivity index is 1.81. The summed E-state index contributed by atoms with van der Waals surface area (Å²) in [6, 6.07) is 19.4. The summed E-state index contributed by atoms with van der Waals surface area (Å²) in [5.41, 5.74) is 4.93. The van der Waals surface area contributed by atoms with E-state index in [2.05, 4.69) is 4.57 Å². The average molecular weight is 434 g/mol. The van der Waals surface area contributed by atoms with Gasteiger partial charge in [0, 0.05) is 36.2 Å². The maximum atomic E-state index is 12.2. The van der Waals surface area contributed by atoms with Gasteiger partial charge in [0.15, 0.2) is 0 Å². The molecule has 1 heterocycles. The van der Waals surface area contributed by atoms with E-state index in [0.29, 0.717) is 11.6 Å². The number of carbonyl (C=O) groups excluding carboxylic acids is 1. The summed E-state index contributed by atoms with van der Waals surface area (Å²) in [6.45, 7) is 4.43. The van der Waals surface area contributed by atoms with Crippen LogP contribution in [0.4, 0.5) is 0 Å². The number of aryl methyl sites for hydroxylation is 1. The summed E-state index contributed by atoms with van der Waals surface area (Å²) in [4.78, 5) is 13.6. The van der Waals surface area contributed by atoms with Gasteiger partial charge in [-0.1, -0.05) is 23.7 Å². The molecule has 0 N–H and O–H groups in total. The Morgan fingerprint density at radius 3 is 2.35 bits per heavy atom. The number of nitriles is 1. The fourth-order valence-electron chi connectivity index (χ4n) is 3.31. The highest BCUT2D eigenvalue weighted by Crippen LogP contribution is 2.25. The van der Waals surface area contributed by atoms with Crippen molar-refractivity contribution in [3.05, 3.63) is 87.7 Å². The van der Waals surface area contributed by atoms with Crippen molar-refractivity contribution in [2.75, 3.05) is 14.1 Å². The minimum absolute atomic E-state index is 0.108. The first-order valence-electron chi connectivity index (χ1n) is 9.80. The second-order valence-electron chi connectivity index (χ2n) is 7.44. The van der Waals surface area contributed by atoms with E-state index in [1.54, 1.807) is 20.2 Å². The minimum atomic E-state index is -0.311. The van der Waals surface area contributed by atoms with Gasteiger partial charge in [0.2, 0.25) is 0 Å². The van der Waals surface area contributed by atoms with Crippen LogP contribution in [0.25, 0.3) is 11.8 Å². The smallest absolute Gasteiger partial charge is 0.264 e. The van der Waals surface area contributed by atoms with Crippen LogP contribution in [0.2, 0.25) is 5.02 Å². The maximum Gasteiger partial charge on any atom is 0.264 e. The fraction of sp³-hybridized carbons (Fsp3) is 0.200. The van der Waals surface area contributed by atoms with E-state index in [9.17, 15) is 10.1 Å². The number of rotatable bonds is 6. The lowest BCUT2D eigenvalue weighted by molar-refractivity contribution is -0.124. The molecule has 0 unspecified atom stereocenters. The molecule has 0 aliphatic heterocycles. The molecule has 5 nitrogen and oxygen atoms in total. The van der Waals surface area contributed by atoms with Crippen LogP contribution in [0.3, 0.4) is 0 Å². The van der Waals surface area contributed by atoms with Crippen molar-refractivity contribution in [3.63, 3.8) is 0 Å². The third kappa shape index (κ3) is 5.17. The van der Waals surface area contributed by atoms with E-state index in [4.69, 9.17) is 16.3 Å². The number of halogens is 1. The van der Waals surface area contributed by atoms with Crippen LogP contribution >= 0.6 is 11.6 Å². The van der Waals surface area contributed by atoms with Crippen molar-refractivity contribution in [1.29, 1.82) is 5.26 Å². The lowest BCUT2D eigenvalue weighted by Crippen LogP contribution is -2.22. The number of amides is 1. The van der Waals surface area contributed by atoms with Gasteiger partial charge in [-0.2, -0.15) is 5.26 Å². The molecule has 0 saturated carbocycles.